The van der Waals surface area contributed by atoms with E-state index in [1.54, 1.807) is 29.4 Å². The second-order valence-electron chi connectivity index (χ2n) is 17.2. The Morgan fingerprint density at radius 1 is 0.603 bits per heavy atom. The Hall–Kier alpha value is -5.65. The molecule has 338 valence electrons. The van der Waals surface area contributed by atoms with E-state index in [0.29, 0.717) is 18.5 Å². The molecular formula is C51H68N6O6. The monoisotopic (exact) mass is 861 g/mol. The summed E-state index contributed by atoms with van der Waals surface area (Å²) in [5.41, 5.74) is 4.53. The van der Waals surface area contributed by atoms with Gasteiger partial charge in [0.2, 0.25) is 11.8 Å². The first-order chi connectivity index (χ1) is 30.7. The summed E-state index contributed by atoms with van der Waals surface area (Å²) in [5.74, 6) is -1.73. The smallest absolute Gasteiger partial charge is 0.328 e. The molecule has 0 unspecified atom stereocenters. The van der Waals surface area contributed by atoms with E-state index < -0.39 is 36.1 Å². The number of ether oxygens (including phenoxy) is 2. The van der Waals surface area contributed by atoms with Crippen molar-refractivity contribution in [3.8, 4) is 0 Å². The van der Waals surface area contributed by atoms with Crippen LogP contribution in [0.3, 0.4) is 0 Å². The number of nitrogens with one attached hydrogen (secondary N) is 2. The highest BCUT2D eigenvalue weighted by atomic mass is 16.5. The molecule has 4 heterocycles. The minimum atomic E-state index is -0.956. The molecule has 1 aliphatic rings. The zero-order valence-electron chi connectivity index (χ0n) is 37.9. The molecule has 6 rings (SSSR count). The van der Waals surface area contributed by atoms with Gasteiger partial charge in [0.1, 0.15) is 24.2 Å². The van der Waals surface area contributed by atoms with E-state index in [4.69, 9.17) is 9.47 Å². The van der Waals surface area contributed by atoms with E-state index in [1.807, 2.05) is 84.2 Å². The molecule has 2 aromatic carbocycles. The van der Waals surface area contributed by atoms with Gasteiger partial charge in [-0.15, -0.1) is 0 Å². The van der Waals surface area contributed by atoms with Crippen LogP contribution in [0.2, 0.25) is 0 Å². The number of carbonyl (C=O) groups is 4. The van der Waals surface area contributed by atoms with Crippen molar-refractivity contribution in [1.82, 2.24) is 24.8 Å². The van der Waals surface area contributed by atoms with Crippen molar-refractivity contribution < 1.29 is 28.7 Å². The second-order valence-corrected chi connectivity index (χ2v) is 17.2. The van der Waals surface area contributed by atoms with Crippen LogP contribution in [0.1, 0.15) is 115 Å². The van der Waals surface area contributed by atoms with Crippen LogP contribution >= 0.6 is 0 Å². The van der Waals surface area contributed by atoms with Gasteiger partial charge < -0.3 is 34.1 Å². The third-order valence-corrected chi connectivity index (χ3v) is 12.4. The summed E-state index contributed by atoms with van der Waals surface area (Å²) in [4.78, 5) is 63.0. The molecule has 5 aromatic rings. The first-order valence-corrected chi connectivity index (χ1v) is 23.4. The number of anilines is 1. The van der Waals surface area contributed by atoms with E-state index in [9.17, 15) is 19.2 Å². The molecule has 3 aromatic heterocycles. The average Bonchev–Trinajstić information content (AvgIpc) is 3.98. The molecule has 63 heavy (non-hydrogen) atoms. The van der Waals surface area contributed by atoms with Gasteiger partial charge in [0.25, 0.3) is 0 Å². The summed E-state index contributed by atoms with van der Waals surface area (Å²) in [5, 5.41) is 8.16. The predicted octanol–water partition coefficient (Wildman–Crippen LogP) is 8.66. The molecule has 0 bridgehead atoms. The maximum atomic E-state index is 14.6. The minimum absolute atomic E-state index is 0.241. The number of amides is 2. The molecule has 1 fully saturated rings. The molecule has 1 saturated heterocycles. The number of benzene rings is 2. The maximum Gasteiger partial charge on any atom is 0.328 e. The SMILES string of the molecule is CCCCCCCCOC(=O)[C@H](Cc1cn(C)c2ccccc12)NC(=O)[C@@H]1CC[C@@H](C(=O)N[C@@H](Cc2cn(C)c3ccccc23)C(=O)OCCCCCCCC)N1c1ccncc1. The number of hydrogen-bond acceptors (Lipinski definition) is 8. The van der Waals surface area contributed by atoms with Gasteiger partial charge in [0, 0.05) is 79.2 Å². The van der Waals surface area contributed by atoms with Crippen LogP contribution in [-0.4, -0.2) is 75.3 Å². The van der Waals surface area contributed by atoms with E-state index in [0.717, 1.165) is 97.1 Å². The van der Waals surface area contributed by atoms with Crippen LogP contribution in [0, 0.1) is 0 Å². The highest BCUT2D eigenvalue weighted by molar-refractivity contribution is 5.96. The van der Waals surface area contributed by atoms with Gasteiger partial charge in [-0.05, 0) is 61.1 Å². The molecule has 12 nitrogen and oxygen atoms in total. The van der Waals surface area contributed by atoms with Crippen LogP contribution in [0.4, 0.5) is 5.69 Å². The Labute approximate surface area is 373 Å². The molecule has 1 aliphatic heterocycles. The lowest BCUT2D eigenvalue weighted by Gasteiger charge is -2.32. The first kappa shape index (κ1) is 46.8. The fourth-order valence-corrected chi connectivity index (χ4v) is 9.05. The first-order valence-electron chi connectivity index (χ1n) is 23.4. The van der Waals surface area contributed by atoms with Crippen LogP contribution in [0.5, 0.6) is 0 Å². The van der Waals surface area contributed by atoms with E-state index >= 15 is 0 Å². The number of aromatic nitrogens is 3. The van der Waals surface area contributed by atoms with Gasteiger partial charge in [-0.1, -0.05) is 114 Å². The van der Waals surface area contributed by atoms with Gasteiger partial charge in [0.05, 0.1) is 13.2 Å². The average molecular weight is 861 g/mol. The van der Waals surface area contributed by atoms with Crippen LogP contribution < -0.4 is 15.5 Å². The third-order valence-electron chi connectivity index (χ3n) is 12.4. The second kappa shape index (κ2) is 23.7. The zero-order chi connectivity index (χ0) is 44.6. The number of para-hydroxylation sites is 2. The Balaban J connectivity index is 1.20. The fourth-order valence-electron chi connectivity index (χ4n) is 9.05. The maximum absolute atomic E-state index is 14.6. The van der Waals surface area contributed by atoms with Crippen LogP contribution in [0.25, 0.3) is 21.8 Å². The lowest BCUT2D eigenvalue weighted by molar-refractivity contribution is -0.148. The Morgan fingerprint density at radius 3 is 1.46 bits per heavy atom. The number of nitrogens with zero attached hydrogens (tertiary/aromatic N) is 4. The van der Waals surface area contributed by atoms with Crippen LogP contribution in [0.15, 0.2) is 85.5 Å². The number of hydrogen-bond donors (Lipinski definition) is 2. The lowest BCUT2D eigenvalue weighted by atomic mass is 10.0. The summed E-state index contributed by atoms with van der Waals surface area (Å²) < 4.78 is 15.7. The molecule has 0 spiro atoms. The number of pyridine rings is 1. The summed E-state index contributed by atoms with van der Waals surface area (Å²) >= 11 is 0. The van der Waals surface area contributed by atoms with Crippen LogP contribution in [-0.2, 0) is 55.6 Å². The topological polar surface area (TPSA) is 137 Å². The summed E-state index contributed by atoms with van der Waals surface area (Å²) in [6, 6.07) is 16.0. The van der Waals surface area contributed by atoms with Gasteiger partial charge in [-0.2, -0.15) is 0 Å². The van der Waals surface area contributed by atoms with Crippen molar-refractivity contribution >= 4 is 51.2 Å². The van der Waals surface area contributed by atoms with Gasteiger partial charge in [0.15, 0.2) is 0 Å². The van der Waals surface area contributed by atoms with Gasteiger partial charge in [-0.3, -0.25) is 14.6 Å². The number of unbranched alkanes of at least 4 members (excludes halogenated alkanes) is 10. The fraction of sp³-hybridized carbons (Fsp3) is 0.510. The molecule has 0 radical (unpaired) electrons. The Kier molecular flexibility index (Phi) is 17.6. The van der Waals surface area contributed by atoms with Crippen molar-refractivity contribution in [3.05, 3.63) is 96.6 Å². The van der Waals surface area contributed by atoms with Crippen molar-refractivity contribution in [2.75, 3.05) is 18.1 Å². The molecule has 0 saturated carbocycles. The standard InChI is InChI=1S/C51H68N6O6/c1-5-7-9-11-13-19-31-62-50(60)42(33-37-35-55(3)44-23-17-15-21-40(37)44)53-48(58)46-25-26-47(57(46)39-27-29-52-30-28-39)49(59)54-43(51(61)63-32-20-14-12-10-8-6-2)34-38-36-56(4)45-24-18-16-22-41(38)45/h15-18,21-24,27-30,35-36,42-43,46-47H,5-14,19-20,25-26,31-34H2,1-4H3,(H,53,58)(H,54,59)/t42-,43-,46-,47-/m0/s1. The summed E-state index contributed by atoms with van der Waals surface area (Å²) in [6.45, 7) is 4.93. The van der Waals surface area contributed by atoms with E-state index in [2.05, 4.69) is 29.5 Å². The third kappa shape index (κ3) is 12.5. The summed E-state index contributed by atoms with van der Waals surface area (Å²) in [6.07, 6.45) is 21.1. The van der Waals surface area contributed by atoms with E-state index in [-0.39, 0.29) is 37.9 Å². The zero-order valence-corrected chi connectivity index (χ0v) is 37.9. The lowest BCUT2D eigenvalue weighted by Crippen LogP contribution is -2.56. The summed E-state index contributed by atoms with van der Waals surface area (Å²) in [7, 11) is 3.93. The van der Waals surface area contributed by atoms with Gasteiger partial charge in [-0.25, -0.2) is 9.59 Å². The largest absolute Gasteiger partial charge is 0.464 e. The highest BCUT2D eigenvalue weighted by Crippen LogP contribution is 2.32. The van der Waals surface area contributed by atoms with Crippen molar-refractivity contribution in [3.63, 3.8) is 0 Å². The minimum Gasteiger partial charge on any atom is -0.464 e. The van der Waals surface area contributed by atoms with Crippen molar-refractivity contribution in [1.29, 1.82) is 0 Å². The van der Waals surface area contributed by atoms with Crippen molar-refractivity contribution in [2.45, 2.75) is 141 Å². The number of carbonyl (C=O) groups excluding carboxylic acids is 4. The predicted molar refractivity (Wildman–Crippen MR) is 249 cm³/mol. The molecule has 4 atom stereocenters. The number of rotatable bonds is 25. The number of fused-ring (bicyclic) bond motifs is 2. The molecule has 2 amide bonds. The van der Waals surface area contributed by atoms with Crippen molar-refractivity contribution in [2.24, 2.45) is 14.1 Å². The number of aryl methyl sites for hydroxylation is 2. The van der Waals surface area contributed by atoms with E-state index in [1.165, 1.54) is 12.8 Å². The molecular weight excluding hydrogens is 793 g/mol. The normalized spacial score (nSPS) is 16.0. The molecule has 0 aliphatic carbocycles. The highest BCUT2D eigenvalue weighted by Gasteiger charge is 2.43. The molecule has 2 N–H and O–H groups in total. The Bertz CT molecular complexity index is 2110. The quantitative estimate of drug-likeness (QED) is 0.0440. The number of esters is 2. The van der Waals surface area contributed by atoms with Gasteiger partial charge >= 0.3 is 11.9 Å². The Morgan fingerprint density at radius 2 is 1.02 bits per heavy atom. The molecule has 12 heteroatoms.